The molecule has 4 heteroatoms. The van der Waals surface area contributed by atoms with Crippen LogP contribution in [0.2, 0.25) is 0 Å². The molecule has 0 fully saturated rings. The van der Waals surface area contributed by atoms with Gasteiger partial charge in [-0.05, 0) is 36.6 Å². The quantitative estimate of drug-likeness (QED) is 0.791. The van der Waals surface area contributed by atoms with E-state index < -0.39 is 0 Å². The monoisotopic (exact) mass is 252 g/mol. The van der Waals surface area contributed by atoms with Crippen molar-refractivity contribution in [1.82, 2.24) is 5.32 Å². The Kier molecular flexibility index (Phi) is 5.28. The Hall–Kier alpha value is -1.42. The van der Waals surface area contributed by atoms with E-state index in [2.05, 4.69) is 31.4 Å². The molecule has 0 spiro atoms. The van der Waals surface area contributed by atoms with Crippen molar-refractivity contribution in [3.63, 3.8) is 0 Å². The minimum absolute atomic E-state index is 0.158. The van der Waals surface area contributed by atoms with Crippen molar-refractivity contribution in [3.8, 4) is 0 Å². The van der Waals surface area contributed by atoms with Crippen molar-refractivity contribution in [3.05, 3.63) is 30.1 Å². The van der Waals surface area contributed by atoms with E-state index in [4.69, 9.17) is 0 Å². The molecule has 1 aromatic carbocycles. The van der Waals surface area contributed by atoms with Gasteiger partial charge in [0, 0.05) is 5.69 Å². The van der Waals surface area contributed by atoms with Crippen LogP contribution in [0.4, 0.5) is 10.1 Å². The topological polar surface area (TPSA) is 41.1 Å². The lowest BCUT2D eigenvalue weighted by Crippen LogP contribution is -2.30. The Balaban J connectivity index is 2.26. The molecule has 0 bridgehead atoms. The summed E-state index contributed by atoms with van der Waals surface area (Å²) in [5.74, 6) is -0.511. The fourth-order valence-electron chi connectivity index (χ4n) is 1.44. The molecule has 3 nitrogen and oxygen atoms in total. The number of hydrogen-bond donors (Lipinski definition) is 2. The predicted octanol–water partition coefficient (Wildman–Crippen LogP) is 2.79. The maximum absolute atomic E-state index is 12.9. The van der Waals surface area contributed by atoms with E-state index in [1.54, 1.807) is 12.1 Å². The van der Waals surface area contributed by atoms with Crippen molar-refractivity contribution in [2.45, 2.75) is 27.2 Å². The Morgan fingerprint density at radius 3 is 2.67 bits per heavy atom. The van der Waals surface area contributed by atoms with Crippen molar-refractivity contribution in [2.75, 3.05) is 18.4 Å². The van der Waals surface area contributed by atoms with Gasteiger partial charge < -0.3 is 10.6 Å². The first-order chi connectivity index (χ1) is 8.37. The number of benzene rings is 1. The lowest BCUT2D eigenvalue weighted by Gasteiger charge is -2.17. The second kappa shape index (κ2) is 6.50. The fourth-order valence-corrected chi connectivity index (χ4v) is 1.44. The highest BCUT2D eigenvalue weighted by Crippen LogP contribution is 2.16. The van der Waals surface area contributed by atoms with Crippen molar-refractivity contribution in [1.29, 1.82) is 0 Å². The first-order valence-corrected chi connectivity index (χ1v) is 6.13. The number of amides is 1. The lowest BCUT2D eigenvalue weighted by molar-refractivity contribution is -0.115. The molecule has 0 aliphatic rings. The molecular formula is C14H21FN2O. The standard InChI is InChI=1S/C14H21FN2O/c1-14(2,3)7-8-16-10-13(18)17-12-6-4-5-11(15)9-12/h4-6,9,16H,7-8,10H2,1-3H3,(H,17,18). The normalized spacial score (nSPS) is 11.3. The molecule has 18 heavy (non-hydrogen) atoms. The van der Waals surface area contributed by atoms with Gasteiger partial charge in [0.15, 0.2) is 0 Å². The Morgan fingerprint density at radius 1 is 1.33 bits per heavy atom. The number of rotatable bonds is 5. The van der Waals surface area contributed by atoms with E-state index in [0.717, 1.165) is 13.0 Å². The number of carbonyl (C=O) groups excluding carboxylic acids is 1. The molecule has 0 saturated carbocycles. The Morgan fingerprint density at radius 2 is 2.06 bits per heavy atom. The Labute approximate surface area is 108 Å². The van der Waals surface area contributed by atoms with Gasteiger partial charge in [-0.25, -0.2) is 4.39 Å². The first kappa shape index (κ1) is 14.6. The SMILES string of the molecule is CC(C)(C)CCNCC(=O)Nc1cccc(F)c1. The number of carbonyl (C=O) groups is 1. The van der Waals surface area contributed by atoms with Gasteiger partial charge in [-0.1, -0.05) is 26.8 Å². The smallest absolute Gasteiger partial charge is 0.238 e. The Bertz CT molecular complexity index is 399. The van der Waals surface area contributed by atoms with E-state index in [1.165, 1.54) is 12.1 Å². The van der Waals surface area contributed by atoms with Gasteiger partial charge >= 0.3 is 0 Å². The highest BCUT2D eigenvalue weighted by atomic mass is 19.1. The average molecular weight is 252 g/mol. The molecule has 0 aliphatic carbocycles. The van der Waals surface area contributed by atoms with E-state index >= 15 is 0 Å². The highest BCUT2D eigenvalue weighted by molar-refractivity contribution is 5.92. The molecule has 1 aromatic rings. The highest BCUT2D eigenvalue weighted by Gasteiger charge is 2.09. The van der Waals surface area contributed by atoms with Crippen LogP contribution in [0.15, 0.2) is 24.3 Å². The van der Waals surface area contributed by atoms with Gasteiger partial charge in [-0.3, -0.25) is 4.79 Å². The molecule has 0 saturated heterocycles. The second-order valence-electron chi connectivity index (χ2n) is 5.55. The van der Waals surface area contributed by atoms with E-state index in [1.807, 2.05) is 0 Å². The number of hydrogen-bond acceptors (Lipinski definition) is 2. The molecule has 0 unspecified atom stereocenters. The third kappa shape index (κ3) is 6.35. The molecule has 0 heterocycles. The van der Waals surface area contributed by atoms with Gasteiger partial charge in [-0.2, -0.15) is 0 Å². The van der Waals surface area contributed by atoms with Crippen molar-refractivity contribution < 1.29 is 9.18 Å². The van der Waals surface area contributed by atoms with Gasteiger partial charge in [0.2, 0.25) is 5.91 Å². The van der Waals surface area contributed by atoms with Crippen LogP contribution in [0.5, 0.6) is 0 Å². The van der Waals surface area contributed by atoms with Crippen LogP contribution in [0.3, 0.4) is 0 Å². The maximum Gasteiger partial charge on any atom is 0.238 e. The number of halogens is 1. The molecule has 1 amide bonds. The van der Waals surface area contributed by atoms with Gasteiger partial charge in [0.05, 0.1) is 6.54 Å². The minimum atomic E-state index is -0.353. The third-order valence-electron chi connectivity index (χ3n) is 2.45. The maximum atomic E-state index is 12.9. The van der Waals surface area contributed by atoms with Gasteiger partial charge in [0.1, 0.15) is 5.82 Å². The van der Waals surface area contributed by atoms with Crippen LogP contribution >= 0.6 is 0 Å². The van der Waals surface area contributed by atoms with Crippen LogP contribution in [-0.4, -0.2) is 19.0 Å². The van der Waals surface area contributed by atoms with Crippen molar-refractivity contribution in [2.24, 2.45) is 5.41 Å². The zero-order valence-electron chi connectivity index (χ0n) is 11.2. The first-order valence-electron chi connectivity index (χ1n) is 6.13. The number of anilines is 1. The van der Waals surface area contributed by atoms with Gasteiger partial charge in [-0.15, -0.1) is 0 Å². The van der Waals surface area contributed by atoms with Crippen LogP contribution in [0.1, 0.15) is 27.2 Å². The van der Waals surface area contributed by atoms with Crippen LogP contribution in [-0.2, 0) is 4.79 Å². The van der Waals surface area contributed by atoms with Gasteiger partial charge in [0.25, 0.3) is 0 Å². The summed E-state index contributed by atoms with van der Waals surface area (Å²) >= 11 is 0. The molecular weight excluding hydrogens is 231 g/mol. The zero-order chi connectivity index (χ0) is 13.6. The van der Waals surface area contributed by atoms with Crippen LogP contribution in [0, 0.1) is 11.2 Å². The summed E-state index contributed by atoms with van der Waals surface area (Å²) < 4.78 is 12.9. The average Bonchev–Trinajstić information content (AvgIpc) is 2.23. The summed E-state index contributed by atoms with van der Waals surface area (Å²) in [7, 11) is 0. The summed E-state index contributed by atoms with van der Waals surface area (Å²) in [6, 6.07) is 5.87. The van der Waals surface area contributed by atoms with Crippen LogP contribution in [0.25, 0.3) is 0 Å². The third-order valence-corrected chi connectivity index (χ3v) is 2.45. The molecule has 2 N–H and O–H groups in total. The minimum Gasteiger partial charge on any atom is -0.325 e. The summed E-state index contributed by atoms with van der Waals surface area (Å²) in [5, 5.41) is 5.71. The van der Waals surface area contributed by atoms with E-state index in [-0.39, 0.29) is 23.7 Å². The molecule has 0 aromatic heterocycles. The molecule has 0 atom stereocenters. The van der Waals surface area contributed by atoms with Crippen LogP contribution < -0.4 is 10.6 Å². The zero-order valence-corrected chi connectivity index (χ0v) is 11.2. The summed E-state index contributed by atoms with van der Waals surface area (Å²) in [5.41, 5.74) is 0.740. The largest absolute Gasteiger partial charge is 0.325 e. The van der Waals surface area contributed by atoms with E-state index in [9.17, 15) is 9.18 Å². The lowest BCUT2D eigenvalue weighted by atomic mass is 9.92. The second-order valence-corrected chi connectivity index (χ2v) is 5.55. The summed E-state index contributed by atoms with van der Waals surface area (Å²) in [6.45, 7) is 7.50. The molecule has 100 valence electrons. The molecule has 0 aliphatic heterocycles. The fraction of sp³-hybridized carbons (Fsp3) is 0.500. The summed E-state index contributed by atoms with van der Waals surface area (Å²) in [6.07, 6.45) is 1.00. The number of nitrogens with one attached hydrogen (secondary N) is 2. The molecule has 0 radical (unpaired) electrons. The summed E-state index contributed by atoms with van der Waals surface area (Å²) in [4.78, 5) is 11.6. The molecule has 1 rings (SSSR count). The predicted molar refractivity (Wildman–Crippen MR) is 72.0 cm³/mol. The van der Waals surface area contributed by atoms with E-state index in [0.29, 0.717) is 5.69 Å². The van der Waals surface area contributed by atoms with Crippen molar-refractivity contribution >= 4 is 11.6 Å².